The quantitative estimate of drug-likeness (QED) is 0.792. The first-order valence-corrected chi connectivity index (χ1v) is 6.53. The van der Waals surface area contributed by atoms with Gasteiger partial charge in [0.25, 0.3) is 0 Å². The van der Waals surface area contributed by atoms with Gasteiger partial charge in [0.15, 0.2) is 5.78 Å². The molecular formula is C14H15NO2S. The van der Waals surface area contributed by atoms with Gasteiger partial charge < -0.3 is 4.74 Å². The first-order chi connectivity index (χ1) is 8.52. The van der Waals surface area contributed by atoms with Gasteiger partial charge in [-0.05, 0) is 37.1 Å². The van der Waals surface area contributed by atoms with Crippen molar-refractivity contribution < 1.29 is 9.53 Å². The van der Waals surface area contributed by atoms with Gasteiger partial charge in [-0.3, -0.25) is 4.79 Å². The van der Waals surface area contributed by atoms with E-state index < -0.39 is 0 Å². The molecule has 0 unspecified atom stereocenters. The van der Waals surface area contributed by atoms with Crippen LogP contribution in [0.15, 0.2) is 17.5 Å². The number of ketones is 1. The van der Waals surface area contributed by atoms with Crippen molar-refractivity contribution >= 4 is 17.1 Å². The lowest BCUT2D eigenvalue weighted by molar-refractivity contribution is 0.101. The standard InChI is InChI=1S/C14H15NO2S/c1-8-5-11(6-9(2)13(8)17-4)14-15-12(7-18-14)10(3)16/h5-7H,1-4H3. The summed E-state index contributed by atoms with van der Waals surface area (Å²) in [5, 5.41) is 2.67. The molecular weight excluding hydrogens is 246 g/mol. The van der Waals surface area contributed by atoms with Crippen molar-refractivity contribution in [1.29, 1.82) is 0 Å². The molecule has 0 bridgehead atoms. The van der Waals surface area contributed by atoms with Gasteiger partial charge in [0.05, 0.1) is 7.11 Å². The molecule has 0 saturated carbocycles. The molecule has 2 rings (SSSR count). The molecule has 0 fully saturated rings. The lowest BCUT2D eigenvalue weighted by Crippen LogP contribution is -1.93. The van der Waals surface area contributed by atoms with Crippen LogP contribution in [0.2, 0.25) is 0 Å². The van der Waals surface area contributed by atoms with Crippen molar-refractivity contribution in [3.63, 3.8) is 0 Å². The summed E-state index contributed by atoms with van der Waals surface area (Å²) in [6.07, 6.45) is 0. The number of carbonyl (C=O) groups excluding carboxylic acids is 1. The highest BCUT2D eigenvalue weighted by Crippen LogP contribution is 2.31. The molecule has 0 amide bonds. The maximum atomic E-state index is 11.2. The molecule has 2 aromatic rings. The van der Waals surface area contributed by atoms with Crippen molar-refractivity contribution in [3.8, 4) is 16.3 Å². The van der Waals surface area contributed by atoms with Crippen LogP contribution in [0.3, 0.4) is 0 Å². The molecule has 18 heavy (non-hydrogen) atoms. The molecule has 0 atom stereocenters. The number of thiazole rings is 1. The van der Waals surface area contributed by atoms with Crippen LogP contribution in [0.5, 0.6) is 5.75 Å². The molecule has 0 N–H and O–H groups in total. The number of rotatable bonds is 3. The molecule has 0 aliphatic rings. The van der Waals surface area contributed by atoms with Crippen molar-refractivity contribution in [2.45, 2.75) is 20.8 Å². The summed E-state index contributed by atoms with van der Waals surface area (Å²) in [5.74, 6) is 0.904. The maximum Gasteiger partial charge on any atom is 0.178 e. The minimum atomic E-state index is -0.000504. The van der Waals surface area contributed by atoms with E-state index >= 15 is 0 Å². The lowest BCUT2D eigenvalue weighted by Gasteiger charge is -2.09. The Morgan fingerprint density at radius 1 is 1.28 bits per heavy atom. The van der Waals surface area contributed by atoms with Crippen LogP contribution in [-0.2, 0) is 0 Å². The van der Waals surface area contributed by atoms with E-state index in [4.69, 9.17) is 4.74 Å². The van der Waals surface area contributed by atoms with Gasteiger partial charge in [-0.1, -0.05) is 0 Å². The van der Waals surface area contributed by atoms with Crippen LogP contribution in [0, 0.1) is 13.8 Å². The van der Waals surface area contributed by atoms with E-state index in [9.17, 15) is 4.79 Å². The highest BCUT2D eigenvalue weighted by molar-refractivity contribution is 7.13. The zero-order chi connectivity index (χ0) is 13.3. The van der Waals surface area contributed by atoms with E-state index in [2.05, 4.69) is 4.98 Å². The smallest absolute Gasteiger partial charge is 0.178 e. The van der Waals surface area contributed by atoms with Crippen LogP contribution in [0.1, 0.15) is 28.5 Å². The van der Waals surface area contributed by atoms with Crippen molar-refractivity contribution in [1.82, 2.24) is 4.98 Å². The largest absolute Gasteiger partial charge is 0.496 e. The third kappa shape index (κ3) is 2.29. The fraction of sp³-hybridized carbons (Fsp3) is 0.286. The minimum Gasteiger partial charge on any atom is -0.496 e. The molecule has 94 valence electrons. The Morgan fingerprint density at radius 2 is 1.89 bits per heavy atom. The summed E-state index contributed by atoms with van der Waals surface area (Å²) in [6, 6.07) is 4.07. The third-order valence-electron chi connectivity index (χ3n) is 2.78. The number of aryl methyl sites for hydroxylation is 2. The van der Waals surface area contributed by atoms with E-state index in [1.54, 1.807) is 12.5 Å². The van der Waals surface area contributed by atoms with Gasteiger partial charge in [0.1, 0.15) is 16.5 Å². The molecule has 1 heterocycles. The lowest BCUT2D eigenvalue weighted by atomic mass is 10.1. The second kappa shape index (κ2) is 4.90. The number of benzene rings is 1. The Hall–Kier alpha value is -1.68. The normalized spacial score (nSPS) is 10.4. The topological polar surface area (TPSA) is 39.2 Å². The Balaban J connectivity index is 2.47. The zero-order valence-electron chi connectivity index (χ0n) is 10.9. The number of ether oxygens (including phenoxy) is 1. The third-order valence-corrected chi connectivity index (χ3v) is 3.67. The first-order valence-electron chi connectivity index (χ1n) is 5.65. The van der Waals surface area contributed by atoms with Gasteiger partial charge in [-0.15, -0.1) is 11.3 Å². The Bertz CT molecular complexity index is 579. The second-order valence-electron chi connectivity index (χ2n) is 4.24. The second-order valence-corrected chi connectivity index (χ2v) is 5.10. The first kappa shape index (κ1) is 12.8. The predicted octanol–water partition coefficient (Wildman–Crippen LogP) is 3.64. The molecule has 0 aliphatic carbocycles. The number of nitrogens with zero attached hydrogens (tertiary/aromatic N) is 1. The monoisotopic (exact) mass is 261 g/mol. The number of aromatic nitrogens is 1. The van der Waals surface area contributed by atoms with Crippen molar-refractivity contribution in [2.24, 2.45) is 0 Å². The average Bonchev–Trinajstić information content (AvgIpc) is 2.77. The summed E-state index contributed by atoms with van der Waals surface area (Å²) >= 11 is 1.49. The molecule has 1 aromatic carbocycles. The highest BCUT2D eigenvalue weighted by Gasteiger charge is 2.11. The van der Waals surface area contributed by atoms with Gasteiger partial charge in [0.2, 0.25) is 0 Å². The molecule has 4 heteroatoms. The Kier molecular flexibility index (Phi) is 3.48. The van der Waals surface area contributed by atoms with Crippen molar-refractivity contribution in [2.75, 3.05) is 7.11 Å². The fourth-order valence-corrected chi connectivity index (χ4v) is 2.81. The van der Waals surface area contributed by atoms with Crippen LogP contribution in [0.4, 0.5) is 0 Å². The molecule has 0 radical (unpaired) electrons. The Morgan fingerprint density at radius 3 is 2.33 bits per heavy atom. The Labute approximate surface area is 110 Å². The molecule has 0 spiro atoms. The number of Topliss-reactive ketones (excluding diaryl/α,β-unsaturated/α-hetero) is 1. The van der Waals surface area contributed by atoms with E-state index in [0.717, 1.165) is 27.4 Å². The summed E-state index contributed by atoms with van der Waals surface area (Å²) in [4.78, 5) is 15.6. The van der Waals surface area contributed by atoms with Crippen LogP contribution in [-0.4, -0.2) is 17.9 Å². The molecule has 0 saturated heterocycles. The molecule has 0 aliphatic heterocycles. The van der Waals surface area contributed by atoms with E-state index in [-0.39, 0.29) is 5.78 Å². The number of methoxy groups -OCH3 is 1. The van der Waals surface area contributed by atoms with Gasteiger partial charge in [0, 0.05) is 17.9 Å². The van der Waals surface area contributed by atoms with Gasteiger partial charge in [-0.25, -0.2) is 4.98 Å². The number of carbonyl (C=O) groups is 1. The summed E-state index contributed by atoms with van der Waals surface area (Å²) in [7, 11) is 1.67. The maximum absolute atomic E-state index is 11.2. The summed E-state index contributed by atoms with van der Waals surface area (Å²) in [5.41, 5.74) is 3.71. The van der Waals surface area contributed by atoms with Crippen molar-refractivity contribution in [3.05, 3.63) is 34.3 Å². The van der Waals surface area contributed by atoms with E-state index in [0.29, 0.717) is 5.69 Å². The summed E-state index contributed by atoms with van der Waals surface area (Å²) in [6.45, 7) is 5.55. The number of hydrogen-bond donors (Lipinski definition) is 0. The average molecular weight is 261 g/mol. The predicted molar refractivity (Wildman–Crippen MR) is 73.6 cm³/mol. The SMILES string of the molecule is COc1c(C)cc(-c2nc(C(C)=O)cs2)cc1C. The highest BCUT2D eigenvalue weighted by atomic mass is 32.1. The van der Waals surface area contributed by atoms with Crippen LogP contribution in [0.25, 0.3) is 10.6 Å². The number of hydrogen-bond acceptors (Lipinski definition) is 4. The fourth-order valence-electron chi connectivity index (χ4n) is 1.96. The summed E-state index contributed by atoms with van der Waals surface area (Å²) < 4.78 is 5.34. The van der Waals surface area contributed by atoms with E-state index in [1.165, 1.54) is 18.3 Å². The van der Waals surface area contributed by atoms with Gasteiger partial charge in [-0.2, -0.15) is 0 Å². The van der Waals surface area contributed by atoms with Crippen LogP contribution >= 0.6 is 11.3 Å². The van der Waals surface area contributed by atoms with Crippen LogP contribution < -0.4 is 4.74 Å². The molecule has 1 aromatic heterocycles. The van der Waals surface area contributed by atoms with E-state index in [1.807, 2.05) is 26.0 Å². The molecule has 3 nitrogen and oxygen atoms in total. The minimum absolute atomic E-state index is 0.000504. The zero-order valence-corrected chi connectivity index (χ0v) is 11.7. The van der Waals surface area contributed by atoms with Gasteiger partial charge >= 0.3 is 0 Å².